The summed E-state index contributed by atoms with van der Waals surface area (Å²) < 4.78 is 13.1. The molecule has 24 heavy (non-hydrogen) atoms. The van der Waals surface area contributed by atoms with Crippen molar-refractivity contribution in [3.8, 4) is 0 Å². The molecular formula is C17H20FN5O. The van der Waals surface area contributed by atoms with Crippen molar-refractivity contribution in [1.29, 1.82) is 0 Å². The molecule has 0 aliphatic carbocycles. The van der Waals surface area contributed by atoms with Gasteiger partial charge in [0.1, 0.15) is 5.82 Å². The molecule has 0 bridgehead atoms. The molecule has 2 heterocycles. The fourth-order valence-corrected chi connectivity index (χ4v) is 2.68. The predicted octanol–water partition coefficient (Wildman–Crippen LogP) is 1.69. The van der Waals surface area contributed by atoms with Crippen molar-refractivity contribution in [3.63, 3.8) is 0 Å². The van der Waals surface area contributed by atoms with E-state index in [9.17, 15) is 9.18 Å². The standard InChI is InChI=1S/C17H20FN5O/c18-15-4-1-3-14(13-15)5-8-21-17(24)23-11-9-22(10-12-23)16-19-6-2-7-20-16/h1-4,6-7,13H,5,8-12H2,(H,21,24). The lowest BCUT2D eigenvalue weighted by Gasteiger charge is -2.34. The summed E-state index contributed by atoms with van der Waals surface area (Å²) >= 11 is 0. The summed E-state index contributed by atoms with van der Waals surface area (Å²) in [5.74, 6) is 0.446. The van der Waals surface area contributed by atoms with Crippen LogP contribution in [0.3, 0.4) is 0 Å². The molecule has 1 N–H and O–H groups in total. The van der Waals surface area contributed by atoms with E-state index in [2.05, 4.69) is 20.2 Å². The highest BCUT2D eigenvalue weighted by Crippen LogP contribution is 2.09. The second kappa shape index (κ2) is 7.72. The molecule has 1 saturated heterocycles. The Kier molecular flexibility index (Phi) is 5.20. The van der Waals surface area contributed by atoms with E-state index in [1.165, 1.54) is 12.1 Å². The van der Waals surface area contributed by atoms with Crippen LogP contribution in [0.25, 0.3) is 0 Å². The molecule has 1 fully saturated rings. The van der Waals surface area contributed by atoms with Gasteiger partial charge >= 0.3 is 6.03 Å². The highest BCUT2D eigenvalue weighted by atomic mass is 19.1. The van der Waals surface area contributed by atoms with Gasteiger partial charge in [0.05, 0.1) is 0 Å². The number of halogens is 1. The summed E-state index contributed by atoms with van der Waals surface area (Å²) in [4.78, 5) is 24.5. The quantitative estimate of drug-likeness (QED) is 0.927. The Morgan fingerprint density at radius 3 is 2.58 bits per heavy atom. The first-order valence-electron chi connectivity index (χ1n) is 8.01. The molecule has 6 nitrogen and oxygen atoms in total. The van der Waals surface area contributed by atoms with Crippen LogP contribution in [0.4, 0.5) is 15.1 Å². The average molecular weight is 329 g/mol. The number of piperazine rings is 1. The molecular weight excluding hydrogens is 309 g/mol. The van der Waals surface area contributed by atoms with Crippen molar-refractivity contribution in [2.24, 2.45) is 0 Å². The molecule has 126 valence electrons. The molecule has 1 aliphatic rings. The van der Waals surface area contributed by atoms with Crippen LogP contribution in [0.1, 0.15) is 5.56 Å². The van der Waals surface area contributed by atoms with Crippen LogP contribution < -0.4 is 10.2 Å². The zero-order valence-electron chi connectivity index (χ0n) is 13.4. The lowest BCUT2D eigenvalue weighted by atomic mass is 10.1. The molecule has 7 heteroatoms. The normalized spacial score (nSPS) is 14.5. The molecule has 0 saturated carbocycles. The highest BCUT2D eigenvalue weighted by molar-refractivity contribution is 5.74. The fraction of sp³-hybridized carbons (Fsp3) is 0.353. The van der Waals surface area contributed by atoms with E-state index < -0.39 is 0 Å². The van der Waals surface area contributed by atoms with Gasteiger partial charge in [0.2, 0.25) is 5.95 Å². The van der Waals surface area contributed by atoms with E-state index >= 15 is 0 Å². The highest BCUT2D eigenvalue weighted by Gasteiger charge is 2.21. The number of benzene rings is 1. The van der Waals surface area contributed by atoms with Crippen molar-refractivity contribution in [2.75, 3.05) is 37.6 Å². The summed E-state index contributed by atoms with van der Waals surface area (Å²) in [6.45, 7) is 3.17. The van der Waals surface area contributed by atoms with Crippen LogP contribution in [0, 0.1) is 5.82 Å². The van der Waals surface area contributed by atoms with Crippen LogP contribution >= 0.6 is 0 Å². The van der Waals surface area contributed by atoms with Gasteiger partial charge in [0.15, 0.2) is 0 Å². The Bertz CT molecular complexity index is 674. The minimum absolute atomic E-state index is 0.0833. The number of nitrogens with one attached hydrogen (secondary N) is 1. The van der Waals surface area contributed by atoms with Gasteiger partial charge in [0, 0.05) is 45.1 Å². The van der Waals surface area contributed by atoms with Gasteiger partial charge in [-0.1, -0.05) is 12.1 Å². The van der Waals surface area contributed by atoms with E-state index in [1.54, 1.807) is 29.4 Å². The van der Waals surface area contributed by atoms with Gasteiger partial charge in [0.25, 0.3) is 0 Å². The SMILES string of the molecule is O=C(NCCc1cccc(F)c1)N1CCN(c2ncccn2)CC1. The second-order valence-corrected chi connectivity index (χ2v) is 5.63. The molecule has 2 aromatic rings. The number of aromatic nitrogens is 2. The molecule has 1 aromatic carbocycles. The lowest BCUT2D eigenvalue weighted by molar-refractivity contribution is 0.194. The van der Waals surface area contributed by atoms with Crippen LogP contribution in [0.15, 0.2) is 42.7 Å². The van der Waals surface area contributed by atoms with Crippen LogP contribution in [0.5, 0.6) is 0 Å². The monoisotopic (exact) mass is 329 g/mol. The number of carbonyl (C=O) groups is 1. The molecule has 0 spiro atoms. The largest absolute Gasteiger partial charge is 0.338 e. The summed E-state index contributed by atoms with van der Waals surface area (Å²) in [6.07, 6.45) is 4.04. The molecule has 1 aromatic heterocycles. The molecule has 1 aliphatic heterocycles. The Hall–Kier alpha value is -2.70. The van der Waals surface area contributed by atoms with Crippen molar-refractivity contribution < 1.29 is 9.18 Å². The third kappa shape index (κ3) is 4.18. The number of amides is 2. The number of carbonyl (C=O) groups excluding carboxylic acids is 1. The van der Waals surface area contributed by atoms with Crippen molar-refractivity contribution >= 4 is 12.0 Å². The zero-order chi connectivity index (χ0) is 16.8. The van der Waals surface area contributed by atoms with E-state index in [1.807, 2.05) is 6.07 Å². The maximum atomic E-state index is 13.1. The summed E-state index contributed by atoms with van der Waals surface area (Å²) in [5, 5.41) is 2.89. The number of urea groups is 1. The van der Waals surface area contributed by atoms with Crippen molar-refractivity contribution in [3.05, 3.63) is 54.1 Å². The van der Waals surface area contributed by atoms with Crippen LogP contribution in [-0.4, -0.2) is 53.6 Å². The molecule has 3 rings (SSSR count). The van der Waals surface area contributed by atoms with Gasteiger partial charge < -0.3 is 15.1 Å². The average Bonchev–Trinajstić information content (AvgIpc) is 2.63. The van der Waals surface area contributed by atoms with Gasteiger partial charge in [-0.25, -0.2) is 19.2 Å². The van der Waals surface area contributed by atoms with Crippen LogP contribution in [0.2, 0.25) is 0 Å². The third-order valence-corrected chi connectivity index (χ3v) is 3.98. The van der Waals surface area contributed by atoms with Gasteiger partial charge in [-0.05, 0) is 30.2 Å². The fourth-order valence-electron chi connectivity index (χ4n) is 2.68. The minimum Gasteiger partial charge on any atom is -0.338 e. The smallest absolute Gasteiger partial charge is 0.317 e. The number of hydrogen-bond acceptors (Lipinski definition) is 4. The van der Waals surface area contributed by atoms with Gasteiger partial charge in [-0.2, -0.15) is 0 Å². The second-order valence-electron chi connectivity index (χ2n) is 5.63. The maximum Gasteiger partial charge on any atom is 0.317 e. The van der Waals surface area contributed by atoms with Crippen molar-refractivity contribution in [2.45, 2.75) is 6.42 Å². The lowest BCUT2D eigenvalue weighted by Crippen LogP contribution is -2.52. The van der Waals surface area contributed by atoms with Gasteiger partial charge in [-0.15, -0.1) is 0 Å². The summed E-state index contributed by atoms with van der Waals surface area (Å²) in [7, 11) is 0. The predicted molar refractivity (Wildman–Crippen MR) is 89.3 cm³/mol. The number of anilines is 1. The maximum absolute atomic E-state index is 13.1. The number of hydrogen-bond donors (Lipinski definition) is 1. The van der Waals surface area contributed by atoms with E-state index in [4.69, 9.17) is 0 Å². The first kappa shape index (κ1) is 16.2. The molecule has 0 radical (unpaired) electrons. The Balaban J connectivity index is 1.42. The molecule has 2 amide bonds. The van der Waals surface area contributed by atoms with Gasteiger partial charge in [-0.3, -0.25) is 0 Å². The summed E-state index contributed by atoms with van der Waals surface area (Å²) in [5.41, 5.74) is 0.876. The molecule has 0 atom stereocenters. The minimum atomic E-state index is -0.252. The first-order valence-corrected chi connectivity index (χ1v) is 8.01. The Morgan fingerprint density at radius 1 is 1.12 bits per heavy atom. The first-order chi connectivity index (χ1) is 11.7. The number of nitrogens with zero attached hydrogens (tertiary/aromatic N) is 4. The Morgan fingerprint density at radius 2 is 1.88 bits per heavy atom. The number of rotatable bonds is 4. The van der Waals surface area contributed by atoms with E-state index in [0.29, 0.717) is 45.1 Å². The summed E-state index contributed by atoms with van der Waals surface area (Å²) in [6, 6.07) is 8.14. The van der Waals surface area contributed by atoms with Crippen LogP contribution in [-0.2, 0) is 6.42 Å². The van der Waals surface area contributed by atoms with E-state index in [-0.39, 0.29) is 11.8 Å². The topological polar surface area (TPSA) is 61.4 Å². The third-order valence-electron chi connectivity index (χ3n) is 3.98. The molecule has 0 unspecified atom stereocenters. The van der Waals surface area contributed by atoms with Crippen molar-refractivity contribution in [1.82, 2.24) is 20.2 Å². The zero-order valence-corrected chi connectivity index (χ0v) is 13.4. The Labute approximate surface area is 140 Å². The van der Waals surface area contributed by atoms with E-state index in [0.717, 1.165) is 5.56 Å².